The van der Waals surface area contributed by atoms with Crippen molar-refractivity contribution in [3.63, 3.8) is 0 Å². The quantitative estimate of drug-likeness (QED) is 0.357. The van der Waals surface area contributed by atoms with Crippen molar-refractivity contribution >= 4 is 57.7 Å². The van der Waals surface area contributed by atoms with Gasteiger partial charge in [0.2, 0.25) is 0 Å². The summed E-state index contributed by atoms with van der Waals surface area (Å²) < 4.78 is 6.33. The number of ether oxygens (including phenoxy) is 1. The molecular formula is C20H19NO2S3. The maximum absolute atomic E-state index is 12.9. The van der Waals surface area contributed by atoms with E-state index in [1.54, 1.807) is 16.7 Å². The minimum Gasteiger partial charge on any atom is -0.493 e. The fraction of sp³-hybridized carbons (Fsp3) is 0.200. The summed E-state index contributed by atoms with van der Waals surface area (Å²) in [5, 5.41) is 0. The summed E-state index contributed by atoms with van der Waals surface area (Å²) in [6.07, 6.45) is 4.81. The normalized spacial score (nSPS) is 15.8. The Balaban J connectivity index is 1.90. The van der Waals surface area contributed by atoms with Gasteiger partial charge in [-0.25, -0.2) is 0 Å². The summed E-state index contributed by atoms with van der Waals surface area (Å²) in [7, 11) is 0. The second-order valence-corrected chi connectivity index (χ2v) is 8.16. The number of rotatable bonds is 6. The van der Waals surface area contributed by atoms with E-state index in [2.05, 4.69) is 6.92 Å². The molecule has 0 atom stereocenters. The van der Waals surface area contributed by atoms with E-state index in [9.17, 15) is 4.79 Å². The topological polar surface area (TPSA) is 29.5 Å². The first-order valence-corrected chi connectivity index (χ1v) is 10.7. The molecule has 0 unspecified atom stereocenters. The molecule has 3 rings (SSSR count). The van der Waals surface area contributed by atoms with Crippen LogP contribution >= 0.6 is 35.7 Å². The molecule has 1 aliphatic rings. The molecular weight excluding hydrogens is 382 g/mol. The van der Waals surface area contributed by atoms with Gasteiger partial charge in [-0.3, -0.25) is 9.69 Å². The lowest BCUT2D eigenvalue weighted by Crippen LogP contribution is -2.27. The smallest absolute Gasteiger partial charge is 0.270 e. The van der Waals surface area contributed by atoms with Crippen molar-refractivity contribution in [3.8, 4) is 5.75 Å². The third kappa shape index (κ3) is 4.14. The molecule has 26 heavy (non-hydrogen) atoms. The van der Waals surface area contributed by atoms with Crippen molar-refractivity contribution in [2.75, 3.05) is 17.8 Å². The van der Waals surface area contributed by atoms with Crippen molar-refractivity contribution in [1.82, 2.24) is 0 Å². The van der Waals surface area contributed by atoms with E-state index in [-0.39, 0.29) is 5.91 Å². The average molecular weight is 402 g/mol. The second-order valence-electron chi connectivity index (χ2n) is 5.60. The van der Waals surface area contributed by atoms with Gasteiger partial charge in [0.1, 0.15) is 5.75 Å². The first-order chi connectivity index (χ1) is 12.6. The zero-order valence-electron chi connectivity index (χ0n) is 14.6. The molecule has 6 heteroatoms. The molecule has 1 aliphatic heterocycles. The van der Waals surface area contributed by atoms with Crippen molar-refractivity contribution in [3.05, 3.63) is 59.0 Å². The van der Waals surface area contributed by atoms with Crippen molar-refractivity contribution in [2.45, 2.75) is 18.2 Å². The second kappa shape index (κ2) is 8.75. The fourth-order valence-electron chi connectivity index (χ4n) is 2.52. The molecule has 0 bridgehead atoms. The van der Waals surface area contributed by atoms with Crippen molar-refractivity contribution in [2.24, 2.45) is 0 Å². The Morgan fingerprint density at radius 1 is 1.23 bits per heavy atom. The third-order valence-corrected chi connectivity index (χ3v) is 5.80. The lowest BCUT2D eigenvalue weighted by molar-refractivity contribution is -0.113. The molecule has 1 heterocycles. The molecule has 2 aromatic carbocycles. The number of para-hydroxylation sites is 1. The number of carbonyl (C=O) groups is 1. The summed E-state index contributed by atoms with van der Waals surface area (Å²) in [5.41, 5.74) is 1.69. The Hall–Kier alpha value is -1.76. The van der Waals surface area contributed by atoms with E-state index in [0.717, 1.165) is 28.3 Å². The van der Waals surface area contributed by atoms with Crippen LogP contribution in [0.3, 0.4) is 0 Å². The number of nitrogens with zero attached hydrogens (tertiary/aromatic N) is 1. The molecule has 3 nitrogen and oxygen atoms in total. The van der Waals surface area contributed by atoms with Crippen LogP contribution < -0.4 is 9.64 Å². The number of anilines is 1. The number of amides is 1. The van der Waals surface area contributed by atoms with E-state index in [1.807, 2.05) is 60.9 Å². The van der Waals surface area contributed by atoms with Crippen LogP contribution in [0.2, 0.25) is 0 Å². The van der Waals surface area contributed by atoms with Gasteiger partial charge in [-0.1, -0.05) is 55.2 Å². The van der Waals surface area contributed by atoms with Crippen molar-refractivity contribution in [1.29, 1.82) is 0 Å². The molecule has 0 aromatic heterocycles. The van der Waals surface area contributed by atoms with Crippen LogP contribution in [0.5, 0.6) is 5.75 Å². The summed E-state index contributed by atoms with van der Waals surface area (Å²) in [5.74, 6) is 0.688. The van der Waals surface area contributed by atoms with Crippen LogP contribution in [0.1, 0.15) is 18.9 Å². The van der Waals surface area contributed by atoms with E-state index >= 15 is 0 Å². The van der Waals surface area contributed by atoms with Gasteiger partial charge in [0, 0.05) is 10.5 Å². The minimum atomic E-state index is -0.0939. The van der Waals surface area contributed by atoms with E-state index in [1.165, 1.54) is 11.8 Å². The van der Waals surface area contributed by atoms with Gasteiger partial charge in [-0.2, -0.15) is 0 Å². The maximum atomic E-state index is 12.9. The molecule has 0 radical (unpaired) electrons. The van der Waals surface area contributed by atoms with Gasteiger partial charge in [-0.15, -0.1) is 11.8 Å². The first-order valence-electron chi connectivity index (χ1n) is 8.28. The molecule has 2 aromatic rings. The summed E-state index contributed by atoms with van der Waals surface area (Å²) >= 11 is 8.43. The van der Waals surface area contributed by atoms with Gasteiger partial charge in [0.05, 0.1) is 17.2 Å². The molecule has 0 spiro atoms. The van der Waals surface area contributed by atoms with E-state index in [0.29, 0.717) is 15.8 Å². The molecule has 134 valence electrons. The zero-order valence-corrected chi connectivity index (χ0v) is 17.0. The summed E-state index contributed by atoms with van der Waals surface area (Å²) in [4.78, 5) is 16.3. The highest BCUT2D eigenvalue weighted by Crippen LogP contribution is 2.37. The third-order valence-electron chi connectivity index (χ3n) is 3.77. The predicted molar refractivity (Wildman–Crippen MR) is 116 cm³/mol. The Morgan fingerprint density at radius 2 is 2.04 bits per heavy atom. The highest BCUT2D eigenvalue weighted by Gasteiger charge is 2.33. The number of benzene rings is 2. The molecule has 0 saturated carbocycles. The Morgan fingerprint density at radius 3 is 2.81 bits per heavy atom. The lowest BCUT2D eigenvalue weighted by Gasteiger charge is -2.15. The number of thiocarbonyl (C=S) groups is 1. The van der Waals surface area contributed by atoms with Crippen LogP contribution in [-0.4, -0.2) is 23.1 Å². The summed E-state index contributed by atoms with van der Waals surface area (Å²) in [6.45, 7) is 2.71. The van der Waals surface area contributed by atoms with Gasteiger partial charge in [-0.05, 0) is 43.0 Å². The van der Waals surface area contributed by atoms with Gasteiger partial charge >= 0.3 is 0 Å². The molecule has 0 aliphatic carbocycles. The Labute approximate surface area is 167 Å². The fourth-order valence-corrected chi connectivity index (χ4v) is 4.27. The van der Waals surface area contributed by atoms with Crippen molar-refractivity contribution < 1.29 is 9.53 Å². The van der Waals surface area contributed by atoms with E-state index < -0.39 is 0 Å². The highest BCUT2D eigenvalue weighted by atomic mass is 32.2. The largest absolute Gasteiger partial charge is 0.493 e. The number of hydrogen-bond acceptors (Lipinski definition) is 5. The summed E-state index contributed by atoms with van der Waals surface area (Å²) in [6, 6.07) is 15.6. The standard InChI is InChI=1S/C20H19NO2S3/c1-3-11-23-17-10-5-4-7-14(17)12-18-19(22)21(20(24)26-18)15-8-6-9-16(13-15)25-2/h4-10,12-13H,3,11H2,1-2H3/b18-12+. The van der Waals surface area contributed by atoms with Crippen LogP contribution in [0.25, 0.3) is 6.08 Å². The molecule has 1 saturated heterocycles. The van der Waals surface area contributed by atoms with E-state index in [4.69, 9.17) is 17.0 Å². The monoisotopic (exact) mass is 401 g/mol. The van der Waals surface area contributed by atoms with Crippen LogP contribution in [0.4, 0.5) is 5.69 Å². The SMILES string of the molecule is CCCOc1ccccc1/C=C1/SC(=S)N(c2cccc(SC)c2)C1=O. The highest BCUT2D eigenvalue weighted by molar-refractivity contribution is 8.27. The first kappa shape index (κ1) is 19.0. The van der Waals surface area contributed by atoms with Crippen LogP contribution in [-0.2, 0) is 4.79 Å². The van der Waals surface area contributed by atoms with Gasteiger partial charge < -0.3 is 4.74 Å². The Kier molecular flexibility index (Phi) is 6.40. The van der Waals surface area contributed by atoms with Gasteiger partial charge in [0.15, 0.2) is 4.32 Å². The van der Waals surface area contributed by atoms with Gasteiger partial charge in [0.25, 0.3) is 5.91 Å². The molecule has 1 amide bonds. The predicted octanol–water partition coefficient (Wildman–Crippen LogP) is 5.60. The number of thioether (sulfide) groups is 2. The Bertz CT molecular complexity index is 864. The number of carbonyl (C=O) groups excluding carboxylic acids is 1. The van der Waals surface area contributed by atoms with Crippen LogP contribution in [0, 0.1) is 0 Å². The zero-order chi connectivity index (χ0) is 18.5. The average Bonchev–Trinajstić information content (AvgIpc) is 2.94. The van der Waals surface area contributed by atoms with Crippen LogP contribution in [0.15, 0.2) is 58.3 Å². The molecule has 1 fully saturated rings. The number of hydrogen-bond donors (Lipinski definition) is 0. The maximum Gasteiger partial charge on any atom is 0.270 e. The lowest BCUT2D eigenvalue weighted by atomic mass is 10.2. The minimum absolute atomic E-state index is 0.0939. The molecule has 0 N–H and O–H groups in total.